The van der Waals surface area contributed by atoms with Gasteiger partial charge >= 0.3 is 0 Å². The zero-order valence-electron chi connectivity index (χ0n) is 9.06. The summed E-state index contributed by atoms with van der Waals surface area (Å²) in [5, 5.41) is 0.812. The first-order valence-electron chi connectivity index (χ1n) is 5.41. The first-order chi connectivity index (χ1) is 6.61. The van der Waals surface area contributed by atoms with E-state index >= 15 is 0 Å². The van der Waals surface area contributed by atoms with Gasteiger partial charge in [0, 0.05) is 5.33 Å². The highest BCUT2D eigenvalue weighted by Crippen LogP contribution is 2.30. The van der Waals surface area contributed by atoms with Crippen LogP contribution in [0, 0.1) is 5.92 Å². The van der Waals surface area contributed by atoms with Gasteiger partial charge in [-0.25, -0.2) is 0 Å². The van der Waals surface area contributed by atoms with Crippen LogP contribution in [0.25, 0.3) is 0 Å². The lowest BCUT2D eigenvalue weighted by molar-refractivity contribution is -0.0896. The van der Waals surface area contributed by atoms with Crippen molar-refractivity contribution in [1.82, 2.24) is 0 Å². The van der Waals surface area contributed by atoms with Crippen LogP contribution in [-0.4, -0.2) is 22.9 Å². The maximum absolute atomic E-state index is 6.11. The molecular formula is C11H20BrClO. The van der Waals surface area contributed by atoms with Crippen LogP contribution in [0.5, 0.6) is 0 Å². The van der Waals surface area contributed by atoms with Gasteiger partial charge in [-0.1, -0.05) is 35.7 Å². The maximum Gasteiger partial charge on any atom is 0.0889 e. The smallest absolute Gasteiger partial charge is 0.0889 e. The van der Waals surface area contributed by atoms with Gasteiger partial charge in [0.2, 0.25) is 0 Å². The Morgan fingerprint density at radius 3 is 2.57 bits per heavy atom. The van der Waals surface area contributed by atoms with Crippen molar-refractivity contribution in [3.8, 4) is 0 Å². The van der Waals surface area contributed by atoms with Crippen molar-refractivity contribution in [1.29, 1.82) is 0 Å². The van der Waals surface area contributed by atoms with Gasteiger partial charge in [0.1, 0.15) is 0 Å². The molecule has 3 unspecified atom stereocenters. The Balaban J connectivity index is 2.48. The predicted octanol–water partition coefficient (Wildman–Crippen LogP) is 3.97. The van der Waals surface area contributed by atoms with Crippen molar-refractivity contribution in [2.45, 2.75) is 51.2 Å². The van der Waals surface area contributed by atoms with Gasteiger partial charge < -0.3 is 4.74 Å². The number of alkyl halides is 2. The van der Waals surface area contributed by atoms with E-state index in [0.29, 0.717) is 17.9 Å². The van der Waals surface area contributed by atoms with Gasteiger partial charge in [-0.3, -0.25) is 0 Å². The zero-order valence-corrected chi connectivity index (χ0v) is 11.4. The van der Waals surface area contributed by atoms with Crippen molar-refractivity contribution in [3.05, 3.63) is 0 Å². The monoisotopic (exact) mass is 282 g/mol. The van der Waals surface area contributed by atoms with Crippen LogP contribution in [0.1, 0.15) is 39.5 Å². The van der Waals surface area contributed by atoms with Crippen molar-refractivity contribution in [3.63, 3.8) is 0 Å². The molecule has 1 fully saturated rings. The highest BCUT2D eigenvalue weighted by molar-refractivity contribution is 9.09. The standard InChI is InChI=1S/C11H20BrClO/c1-9-5-3-4-6-10(9)14-11(2,7-12)8-13/h9-10H,3-8H2,1-2H3. The van der Waals surface area contributed by atoms with Gasteiger partial charge in [-0.15, -0.1) is 11.6 Å². The van der Waals surface area contributed by atoms with Crippen molar-refractivity contribution in [2.75, 3.05) is 11.2 Å². The highest BCUT2D eigenvalue weighted by atomic mass is 79.9. The van der Waals surface area contributed by atoms with Crippen LogP contribution in [0.2, 0.25) is 0 Å². The van der Waals surface area contributed by atoms with Crippen molar-refractivity contribution in [2.24, 2.45) is 5.92 Å². The molecule has 84 valence electrons. The van der Waals surface area contributed by atoms with E-state index in [4.69, 9.17) is 16.3 Å². The highest BCUT2D eigenvalue weighted by Gasteiger charge is 2.31. The summed E-state index contributed by atoms with van der Waals surface area (Å²) < 4.78 is 6.11. The minimum Gasteiger partial charge on any atom is -0.370 e. The second-order valence-electron chi connectivity index (χ2n) is 4.64. The molecule has 0 aromatic heterocycles. The van der Waals surface area contributed by atoms with Crippen LogP contribution >= 0.6 is 27.5 Å². The second kappa shape index (κ2) is 5.72. The Morgan fingerprint density at radius 1 is 1.43 bits per heavy atom. The molecule has 0 spiro atoms. The summed E-state index contributed by atoms with van der Waals surface area (Å²) >= 11 is 9.39. The maximum atomic E-state index is 6.11. The van der Waals surface area contributed by atoms with E-state index in [2.05, 4.69) is 29.8 Å². The molecule has 1 saturated carbocycles. The first-order valence-corrected chi connectivity index (χ1v) is 7.06. The average molecular weight is 284 g/mol. The van der Waals surface area contributed by atoms with E-state index in [1.807, 2.05) is 0 Å². The molecule has 0 saturated heterocycles. The molecule has 1 aliphatic rings. The first kappa shape index (κ1) is 12.8. The van der Waals surface area contributed by atoms with Gasteiger partial charge in [0.15, 0.2) is 0 Å². The normalized spacial score (nSPS) is 32.6. The summed E-state index contributed by atoms with van der Waals surface area (Å²) in [4.78, 5) is 0. The molecule has 0 amide bonds. The topological polar surface area (TPSA) is 9.23 Å². The minimum atomic E-state index is -0.197. The van der Waals surface area contributed by atoms with Gasteiger partial charge in [0.05, 0.1) is 17.6 Å². The lowest BCUT2D eigenvalue weighted by atomic mass is 9.87. The number of halogens is 2. The molecule has 1 aliphatic carbocycles. The number of rotatable bonds is 4. The van der Waals surface area contributed by atoms with Crippen LogP contribution in [0.3, 0.4) is 0 Å². The van der Waals surface area contributed by atoms with Gasteiger partial charge in [-0.05, 0) is 25.7 Å². The fraction of sp³-hybridized carbons (Fsp3) is 1.00. The molecular weight excluding hydrogens is 263 g/mol. The van der Waals surface area contributed by atoms with Crippen LogP contribution in [0.15, 0.2) is 0 Å². The lowest BCUT2D eigenvalue weighted by Crippen LogP contribution is -2.40. The van der Waals surface area contributed by atoms with E-state index in [1.165, 1.54) is 25.7 Å². The minimum absolute atomic E-state index is 0.197. The van der Waals surface area contributed by atoms with E-state index in [0.717, 1.165) is 5.33 Å². The number of hydrogen-bond donors (Lipinski definition) is 0. The third-order valence-electron chi connectivity index (χ3n) is 3.03. The molecule has 3 heteroatoms. The molecule has 0 heterocycles. The third-order valence-corrected chi connectivity index (χ3v) is 4.79. The molecule has 0 N–H and O–H groups in total. The van der Waals surface area contributed by atoms with Gasteiger partial charge in [-0.2, -0.15) is 0 Å². The fourth-order valence-corrected chi connectivity index (χ4v) is 2.64. The second-order valence-corrected chi connectivity index (χ2v) is 5.46. The SMILES string of the molecule is CC1CCCCC1OC(C)(CCl)CBr. The summed E-state index contributed by atoms with van der Waals surface area (Å²) in [5.41, 5.74) is -0.197. The Hall–Kier alpha value is 0.730. The molecule has 0 aromatic rings. The molecule has 1 nitrogen and oxygen atoms in total. The van der Waals surface area contributed by atoms with E-state index in [-0.39, 0.29) is 5.60 Å². The fourth-order valence-electron chi connectivity index (χ4n) is 1.92. The zero-order chi connectivity index (χ0) is 10.6. The van der Waals surface area contributed by atoms with Crippen LogP contribution in [-0.2, 0) is 4.74 Å². The summed E-state index contributed by atoms with van der Waals surface area (Å²) in [6.07, 6.45) is 5.55. The van der Waals surface area contributed by atoms with Gasteiger partial charge in [0.25, 0.3) is 0 Å². The number of hydrogen-bond acceptors (Lipinski definition) is 1. The van der Waals surface area contributed by atoms with E-state index in [9.17, 15) is 0 Å². The Bertz CT molecular complexity index is 171. The molecule has 0 aromatic carbocycles. The number of ether oxygens (including phenoxy) is 1. The quantitative estimate of drug-likeness (QED) is 0.709. The average Bonchev–Trinajstić information content (AvgIpc) is 2.21. The molecule has 0 radical (unpaired) electrons. The predicted molar refractivity (Wildman–Crippen MR) is 65.4 cm³/mol. The van der Waals surface area contributed by atoms with E-state index in [1.54, 1.807) is 0 Å². The molecule has 3 atom stereocenters. The van der Waals surface area contributed by atoms with Crippen LogP contribution < -0.4 is 0 Å². The van der Waals surface area contributed by atoms with Crippen molar-refractivity contribution >= 4 is 27.5 Å². The van der Waals surface area contributed by atoms with Crippen molar-refractivity contribution < 1.29 is 4.74 Å². The summed E-state index contributed by atoms with van der Waals surface area (Å²) in [5.74, 6) is 1.24. The molecule has 0 bridgehead atoms. The van der Waals surface area contributed by atoms with Crippen LogP contribution in [0.4, 0.5) is 0 Å². The molecule has 14 heavy (non-hydrogen) atoms. The summed E-state index contributed by atoms with van der Waals surface area (Å²) in [6.45, 7) is 4.36. The Morgan fingerprint density at radius 2 is 2.07 bits per heavy atom. The molecule has 0 aliphatic heterocycles. The summed E-state index contributed by atoms with van der Waals surface area (Å²) in [7, 11) is 0. The lowest BCUT2D eigenvalue weighted by Gasteiger charge is -2.36. The largest absolute Gasteiger partial charge is 0.370 e. The third kappa shape index (κ3) is 3.39. The van der Waals surface area contributed by atoms with E-state index < -0.39 is 0 Å². The Labute approximate surface area is 101 Å². The molecule has 1 rings (SSSR count). The summed E-state index contributed by atoms with van der Waals surface area (Å²) in [6, 6.07) is 0. The Kier molecular flexibility index (Phi) is 5.22.